The number of nitrogens with zero attached hydrogens (tertiary/aromatic N) is 2. The third-order valence-electron chi connectivity index (χ3n) is 14.8. The highest BCUT2D eigenvalue weighted by Gasteiger charge is 2.50. The molecule has 0 unspecified atom stereocenters. The molecule has 0 atom stereocenters. The second-order valence-corrected chi connectivity index (χ2v) is 18.3. The van der Waals surface area contributed by atoms with E-state index in [1.54, 1.807) is 0 Å². The molecular formula is C67H44N2. The van der Waals surface area contributed by atoms with Crippen molar-refractivity contribution < 1.29 is 0 Å². The SMILES string of the molecule is c1ccc(-c2ccccc2N(c2ccc3c(c2)-c2ccccc2N(c2ccccc2)c2ccccc2-3)c2cccc3c2-c2ccccc2C32c3ccccc3-c3ccccc3-c3ccccc32)cc1. The van der Waals surface area contributed by atoms with Crippen LogP contribution in [0.5, 0.6) is 0 Å². The maximum absolute atomic E-state index is 2.55. The number of hydrogen-bond acceptors (Lipinski definition) is 2. The highest BCUT2D eigenvalue weighted by molar-refractivity contribution is 6.06. The minimum Gasteiger partial charge on any atom is -0.309 e. The number of anilines is 6. The van der Waals surface area contributed by atoms with E-state index in [0.717, 1.165) is 39.7 Å². The van der Waals surface area contributed by atoms with Gasteiger partial charge in [-0.05, 0) is 115 Å². The van der Waals surface area contributed by atoms with E-state index in [-0.39, 0.29) is 0 Å². The molecule has 11 aromatic rings. The van der Waals surface area contributed by atoms with Crippen molar-refractivity contribution in [2.24, 2.45) is 0 Å². The fourth-order valence-electron chi connectivity index (χ4n) is 12.1. The van der Waals surface area contributed by atoms with Crippen LogP contribution in [0.25, 0.3) is 66.8 Å². The van der Waals surface area contributed by atoms with Crippen LogP contribution in [0.4, 0.5) is 34.1 Å². The molecule has 2 aliphatic carbocycles. The van der Waals surface area contributed by atoms with Gasteiger partial charge in [0, 0.05) is 33.6 Å². The lowest BCUT2D eigenvalue weighted by molar-refractivity contribution is 0.775. The van der Waals surface area contributed by atoms with Crippen molar-refractivity contribution in [3.05, 3.63) is 289 Å². The molecule has 0 amide bonds. The van der Waals surface area contributed by atoms with Crippen LogP contribution >= 0.6 is 0 Å². The molecule has 1 spiro atoms. The van der Waals surface area contributed by atoms with Gasteiger partial charge in [0.1, 0.15) is 0 Å². The average molecular weight is 877 g/mol. The number of para-hydroxylation sites is 4. The van der Waals surface area contributed by atoms with Crippen molar-refractivity contribution in [3.8, 4) is 66.8 Å². The summed E-state index contributed by atoms with van der Waals surface area (Å²) in [5, 5.41) is 0. The molecule has 0 radical (unpaired) electrons. The van der Waals surface area contributed by atoms with Crippen LogP contribution in [0.15, 0.2) is 267 Å². The first-order valence-corrected chi connectivity index (χ1v) is 23.9. The molecule has 0 aromatic heterocycles. The lowest BCUT2D eigenvalue weighted by Gasteiger charge is -2.36. The average Bonchev–Trinajstić information content (AvgIpc) is 3.60. The van der Waals surface area contributed by atoms with E-state index in [1.165, 1.54) is 83.5 Å². The Labute approximate surface area is 403 Å². The molecule has 0 bridgehead atoms. The largest absolute Gasteiger partial charge is 0.309 e. The first-order valence-electron chi connectivity index (χ1n) is 23.9. The van der Waals surface area contributed by atoms with Crippen LogP contribution in [-0.2, 0) is 5.41 Å². The van der Waals surface area contributed by atoms with E-state index in [0.29, 0.717) is 0 Å². The fourth-order valence-corrected chi connectivity index (χ4v) is 12.1. The monoisotopic (exact) mass is 876 g/mol. The Morgan fingerprint density at radius 2 is 0.710 bits per heavy atom. The Morgan fingerprint density at radius 3 is 1.35 bits per heavy atom. The van der Waals surface area contributed by atoms with Gasteiger partial charge in [-0.15, -0.1) is 0 Å². The van der Waals surface area contributed by atoms with Gasteiger partial charge in [0.15, 0.2) is 0 Å². The lowest BCUT2D eigenvalue weighted by atomic mass is 9.66. The van der Waals surface area contributed by atoms with Gasteiger partial charge in [0.25, 0.3) is 0 Å². The van der Waals surface area contributed by atoms with Crippen LogP contribution in [-0.4, -0.2) is 0 Å². The van der Waals surface area contributed by atoms with E-state index in [9.17, 15) is 0 Å². The minimum atomic E-state index is -0.615. The lowest BCUT2D eigenvalue weighted by Crippen LogP contribution is -2.29. The van der Waals surface area contributed by atoms with Crippen LogP contribution in [0, 0.1) is 0 Å². The second-order valence-electron chi connectivity index (χ2n) is 18.3. The summed E-state index contributed by atoms with van der Waals surface area (Å²) in [7, 11) is 0. The summed E-state index contributed by atoms with van der Waals surface area (Å²) in [5.41, 5.74) is 25.9. The summed E-state index contributed by atoms with van der Waals surface area (Å²) in [4.78, 5) is 4.98. The number of hydrogen-bond donors (Lipinski definition) is 0. The number of benzene rings is 11. The molecule has 2 heteroatoms. The maximum atomic E-state index is 2.55. The van der Waals surface area contributed by atoms with Gasteiger partial charge in [0.2, 0.25) is 0 Å². The van der Waals surface area contributed by atoms with Crippen LogP contribution < -0.4 is 9.80 Å². The standard InChI is InChI=1S/C67H44N2/c1-3-22-45(23-4-1)48-26-12-18-38-62(48)69(47-42-43-51-54-31-13-19-39-63(54)68(46-24-5-2-6-25-46)64-40-20-14-32-55(64)57(51)44-47)65-41-21-37-61-66(65)56-33-11-17-36-60(56)67(61)58-34-15-9-29-52(58)49-27-7-8-28-50(49)53-30-10-16-35-59(53)67/h1-44H. The van der Waals surface area contributed by atoms with E-state index >= 15 is 0 Å². The first-order chi connectivity index (χ1) is 34.3. The summed E-state index contributed by atoms with van der Waals surface area (Å²) in [6, 6.07) is 99.0. The highest BCUT2D eigenvalue weighted by atomic mass is 15.2. The Kier molecular flexibility index (Phi) is 8.84. The van der Waals surface area contributed by atoms with Crippen molar-refractivity contribution in [1.29, 1.82) is 0 Å². The first kappa shape index (κ1) is 39.2. The van der Waals surface area contributed by atoms with Crippen molar-refractivity contribution in [1.82, 2.24) is 0 Å². The van der Waals surface area contributed by atoms with Gasteiger partial charge in [-0.2, -0.15) is 0 Å². The van der Waals surface area contributed by atoms with Crippen LogP contribution in [0.1, 0.15) is 22.3 Å². The Hall–Kier alpha value is -8.98. The zero-order valence-electron chi connectivity index (χ0n) is 37.8. The molecular weight excluding hydrogens is 833 g/mol. The van der Waals surface area contributed by atoms with Crippen LogP contribution in [0.2, 0.25) is 0 Å². The van der Waals surface area contributed by atoms with Gasteiger partial charge in [-0.3, -0.25) is 0 Å². The molecule has 3 aliphatic rings. The quantitative estimate of drug-likeness (QED) is 0.170. The zero-order chi connectivity index (χ0) is 45.5. The van der Waals surface area contributed by atoms with E-state index in [1.807, 2.05) is 0 Å². The second kappa shape index (κ2) is 15.6. The molecule has 11 aromatic carbocycles. The van der Waals surface area contributed by atoms with Gasteiger partial charge in [0.05, 0.1) is 28.2 Å². The van der Waals surface area contributed by atoms with Crippen LogP contribution in [0.3, 0.4) is 0 Å². The van der Waals surface area contributed by atoms with Crippen molar-refractivity contribution in [2.45, 2.75) is 5.41 Å². The predicted octanol–water partition coefficient (Wildman–Crippen LogP) is 18.0. The van der Waals surface area contributed by atoms with Gasteiger partial charge >= 0.3 is 0 Å². The molecule has 1 heterocycles. The normalized spacial score (nSPS) is 13.0. The summed E-state index contributed by atoms with van der Waals surface area (Å²) in [6.07, 6.45) is 0. The highest BCUT2D eigenvalue weighted by Crippen LogP contribution is 2.64. The maximum Gasteiger partial charge on any atom is 0.0726 e. The summed E-state index contributed by atoms with van der Waals surface area (Å²) < 4.78 is 0. The number of fused-ring (bicyclic) bond motifs is 17. The summed E-state index contributed by atoms with van der Waals surface area (Å²) in [6.45, 7) is 0. The van der Waals surface area contributed by atoms with Crippen molar-refractivity contribution in [2.75, 3.05) is 9.80 Å². The summed E-state index contributed by atoms with van der Waals surface area (Å²) >= 11 is 0. The van der Waals surface area contributed by atoms with Gasteiger partial charge in [-0.25, -0.2) is 0 Å². The topological polar surface area (TPSA) is 6.48 Å². The molecule has 0 saturated carbocycles. The fraction of sp³-hybridized carbons (Fsp3) is 0.0149. The van der Waals surface area contributed by atoms with E-state index in [2.05, 4.69) is 277 Å². The van der Waals surface area contributed by atoms with E-state index in [4.69, 9.17) is 0 Å². The van der Waals surface area contributed by atoms with Crippen molar-refractivity contribution >= 4 is 34.1 Å². The molecule has 322 valence electrons. The Morgan fingerprint density at radius 1 is 0.275 bits per heavy atom. The third-order valence-corrected chi connectivity index (χ3v) is 14.8. The van der Waals surface area contributed by atoms with Crippen molar-refractivity contribution in [3.63, 3.8) is 0 Å². The minimum absolute atomic E-state index is 0.615. The molecule has 0 fully saturated rings. The number of rotatable bonds is 5. The van der Waals surface area contributed by atoms with Gasteiger partial charge < -0.3 is 9.80 Å². The molecule has 69 heavy (non-hydrogen) atoms. The third kappa shape index (κ3) is 5.73. The van der Waals surface area contributed by atoms with Gasteiger partial charge in [-0.1, -0.05) is 218 Å². The molecule has 1 aliphatic heterocycles. The summed E-state index contributed by atoms with van der Waals surface area (Å²) in [5.74, 6) is 0. The smallest absolute Gasteiger partial charge is 0.0726 e. The molecule has 14 rings (SSSR count). The predicted molar refractivity (Wildman–Crippen MR) is 287 cm³/mol. The molecule has 0 N–H and O–H groups in total. The Bertz CT molecular complexity index is 3750. The Balaban J connectivity index is 1.08. The molecule has 0 saturated heterocycles. The molecule has 2 nitrogen and oxygen atoms in total. The van der Waals surface area contributed by atoms with E-state index < -0.39 is 5.41 Å². The zero-order valence-corrected chi connectivity index (χ0v) is 37.8.